The van der Waals surface area contributed by atoms with Crippen molar-refractivity contribution < 1.29 is 18.8 Å². The Balaban J connectivity index is 1.48. The highest BCUT2D eigenvalue weighted by atomic mass is 16.5. The zero-order valence-corrected chi connectivity index (χ0v) is 18.6. The summed E-state index contributed by atoms with van der Waals surface area (Å²) in [5, 5.41) is 7.18. The molecule has 1 saturated heterocycles. The number of methoxy groups -OCH3 is 1. The highest BCUT2D eigenvalue weighted by molar-refractivity contribution is 5.80. The second kappa shape index (κ2) is 8.32. The number of hydrogen-bond donors (Lipinski definition) is 1. The molecule has 1 aliphatic heterocycles. The number of rotatable bonds is 6. The van der Waals surface area contributed by atoms with Crippen molar-refractivity contribution in [3.8, 4) is 5.75 Å². The molecular formula is C23H30N4O4. The second-order valence-corrected chi connectivity index (χ2v) is 9.11. The third-order valence-electron chi connectivity index (χ3n) is 6.50. The van der Waals surface area contributed by atoms with E-state index in [2.05, 4.69) is 15.5 Å². The average Bonchev–Trinajstić information content (AvgIpc) is 3.40. The van der Waals surface area contributed by atoms with E-state index < -0.39 is 5.41 Å². The first-order valence-electron chi connectivity index (χ1n) is 10.8. The van der Waals surface area contributed by atoms with Crippen molar-refractivity contribution >= 4 is 11.8 Å². The molecule has 3 atom stereocenters. The van der Waals surface area contributed by atoms with Crippen LogP contribution in [0.3, 0.4) is 0 Å². The molecule has 0 spiro atoms. The minimum Gasteiger partial charge on any atom is -0.497 e. The fourth-order valence-electron chi connectivity index (χ4n) is 5.09. The minimum atomic E-state index is -0.403. The highest BCUT2D eigenvalue weighted by Gasteiger charge is 2.58. The van der Waals surface area contributed by atoms with Gasteiger partial charge in [-0.15, -0.1) is 0 Å². The largest absolute Gasteiger partial charge is 0.497 e. The first-order valence-corrected chi connectivity index (χ1v) is 10.8. The van der Waals surface area contributed by atoms with Crippen LogP contribution in [0.2, 0.25) is 0 Å². The third kappa shape index (κ3) is 4.16. The Morgan fingerprint density at radius 1 is 1.39 bits per heavy atom. The van der Waals surface area contributed by atoms with Gasteiger partial charge >= 0.3 is 0 Å². The average molecular weight is 427 g/mol. The van der Waals surface area contributed by atoms with Crippen molar-refractivity contribution in [3.05, 3.63) is 41.5 Å². The van der Waals surface area contributed by atoms with Gasteiger partial charge in [0.2, 0.25) is 17.7 Å². The Morgan fingerprint density at radius 2 is 2.19 bits per heavy atom. The lowest BCUT2D eigenvalue weighted by Gasteiger charge is -2.26. The van der Waals surface area contributed by atoms with Gasteiger partial charge in [-0.05, 0) is 43.4 Å². The van der Waals surface area contributed by atoms with Crippen LogP contribution in [0.4, 0.5) is 0 Å². The molecule has 2 heterocycles. The Bertz CT molecular complexity index is 972. The lowest BCUT2D eigenvalue weighted by molar-refractivity contribution is -0.134. The fourth-order valence-corrected chi connectivity index (χ4v) is 5.09. The Hall–Kier alpha value is -2.90. The van der Waals surface area contributed by atoms with Crippen LogP contribution in [-0.2, 0) is 21.4 Å². The Kier molecular flexibility index (Phi) is 5.73. The molecule has 0 bridgehead atoms. The number of carbonyl (C=O) groups excluding carboxylic acids is 2. The van der Waals surface area contributed by atoms with Crippen molar-refractivity contribution in [2.45, 2.75) is 51.5 Å². The fraction of sp³-hybridized carbons (Fsp3) is 0.565. The molecule has 2 aliphatic rings. The molecule has 8 heteroatoms. The third-order valence-corrected chi connectivity index (χ3v) is 6.50. The summed E-state index contributed by atoms with van der Waals surface area (Å²) in [7, 11) is 1.61. The standard InChI is InChI=1S/C23H30N4O4/c1-14(2)21(29)27-12-17-10-18(11-23(17,13-27)22-24-15(3)26-31-22)25-20(28)9-16-6-5-7-19(8-16)30-4/h5-8,14,17-18H,9-13H2,1-4H3,(H,25,28)/t17-,18+,23-/m0/s1. The smallest absolute Gasteiger partial charge is 0.235 e. The molecule has 1 aliphatic carbocycles. The van der Waals surface area contributed by atoms with Crippen molar-refractivity contribution in [1.29, 1.82) is 0 Å². The summed E-state index contributed by atoms with van der Waals surface area (Å²) < 4.78 is 10.8. The molecule has 0 radical (unpaired) electrons. The van der Waals surface area contributed by atoms with E-state index in [1.165, 1.54) is 0 Å². The van der Waals surface area contributed by atoms with Gasteiger partial charge in [0.25, 0.3) is 0 Å². The van der Waals surface area contributed by atoms with Crippen molar-refractivity contribution in [3.63, 3.8) is 0 Å². The SMILES string of the molecule is COc1cccc(CC(=O)N[C@@H]2C[C@H]3CN(C(=O)C(C)C)C[C@@]3(c3nc(C)no3)C2)c1. The molecule has 2 fully saturated rings. The maximum Gasteiger partial charge on any atom is 0.235 e. The zero-order valence-electron chi connectivity index (χ0n) is 18.6. The molecule has 1 aromatic carbocycles. The van der Waals surface area contributed by atoms with Gasteiger partial charge in [-0.1, -0.05) is 31.1 Å². The first kappa shape index (κ1) is 21.3. The summed E-state index contributed by atoms with van der Waals surface area (Å²) in [5.74, 6) is 2.15. The van der Waals surface area contributed by atoms with Crippen LogP contribution < -0.4 is 10.1 Å². The van der Waals surface area contributed by atoms with Crippen LogP contribution in [0.5, 0.6) is 5.75 Å². The second-order valence-electron chi connectivity index (χ2n) is 9.11. The van der Waals surface area contributed by atoms with E-state index in [4.69, 9.17) is 9.26 Å². The summed E-state index contributed by atoms with van der Waals surface area (Å²) in [6.07, 6.45) is 1.77. The molecule has 1 saturated carbocycles. The predicted molar refractivity (Wildman–Crippen MR) is 113 cm³/mol. The van der Waals surface area contributed by atoms with Crippen molar-refractivity contribution in [2.75, 3.05) is 20.2 Å². The van der Waals surface area contributed by atoms with Gasteiger partial charge < -0.3 is 19.5 Å². The van der Waals surface area contributed by atoms with E-state index in [9.17, 15) is 9.59 Å². The zero-order chi connectivity index (χ0) is 22.2. The highest BCUT2D eigenvalue weighted by Crippen LogP contribution is 2.50. The van der Waals surface area contributed by atoms with Crippen LogP contribution >= 0.6 is 0 Å². The summed E-state index contributed by atoms with van der Waals surface area (Å²) >= 11 is 0. The lowest BCUT2D eigenvalue weighted by Crippen LogP contribution is -2.40. The number of fused-ring (bicyclic) bond motifs is 1. The molecule has 31 heavy (non-hydrogen) atoms. The van der Waals surface area contributed by atoms with E-state index in [-0.39, 0.29) is 29.7 Å². The Labute approximate surface area is 182 Å². The van der Waals surface area contributed by atoms with Crippen LogP contribution in [0.1, 0.15) is 44.0 Å². The van der Waals surface area contributed by atoms with Crippen molar-refractivity contribution in [1.82, 2.24) is 20.4 Å². The molecule has 0 unspecified atom stereocenters. The maximum absolute atomic E-state index is 12.7. The predicted octanol–water partition coefficient (Wildman–Crippen LogP) is 2.26. The van der Waals surface area contributed by atoms with Gasteiger partial charge in [-0.2, -0.15) is 4.98 Å². The Morgan fingerprint density at radius 3 is 2.87 bits per heavy atom. The monoisotopic (exact) mass is 426 g/mol. The number of aryl methyl sites for hydroxylation is 1. The minimum absolute atomic E-state index is 0.00613. The quantitative estimate of drug-likeness (QED) is 0.761. The lowest BCUT2D eigenvalue weighted by atomic mass is 9.80. The van der Waals surface area contributed by atoms with E-state index >= 15 is 0 Å². The molecule has 1 N–H and O–H groups in total. The molecular weight excluding hydrogens is 396 g/mol. The van der Waals surface area contributed by atoms with Gasteiger partial charge in [0.1, 0.15) is 5.75 Å². The number of carbonyl (C=O) groups is 2. The van der Waals surface area contributed by atoms with Crippen LogP contribution in [0.25, 0.3) is 0 Å². The van der Waals surface area contributed by atoms with Gasteiger partial charge in [-0.3, -0.25) is 9.59 Å². The number of aromatic nitrogens is 2. The number of amides is 2. The molecule has 2 amide bonds. The van der Waals surface area contributed by atoms with E-state index in [0.717, 1.165) is 17.7 Å². The summed E-state index contributed by atoms with van der Waals surface area (Å²) in [6, 6.07) is 7.55. The molecule has 166 valence electrons. The van der Waals surface area contributed by atoms with E-state index in [0.29, 0.717) is 37.6 Å². The summed E-state index contributed by atoms with van der Waals surface area (Å²) in [5.41, 5.74) is 0.505. The number of ether oxygens (including phenoxy) is 1. The molecule has 1 aromatic heterocycles. The number of likely N-dealkylation sites (tertiary alicyclic amines) is 1. The van der Waals surface area contributed by atoms with Crippen molar-refractivity contribution in [2.24, 2.45) is 11.8 Å². The van der Waals surface area contributed by atoms with E-state index in [1.54, 1.807) is 14.0 Å². The summed E-state index contributed by atoms with van der Waals surface area (Å²) in [6.45, 7) is 6.84. The van der Waals surface area contributed by atoms with Gasteiger partial charge in [0.05, 0.1) is 18.9 Å². The first-order chi connectivity index (χ1) is 14.8. The van der Waals surface area contributed by atoms with Crippen LogP contribution in [0, 0.1) is 18.8 Å². The number of nitrogens with zero attached hydrogens (tertiary/aromatic N) is 3. The summed E-state index contributed by atoms with van der Waals surface area (Å²) in [4.78, 5) is 31.8. The van der Waals surface area contributed by atoms with Crippen LogP contribution in [0.15, 0.2) is 28.8 Å². The number of benzene rings is 1. The van der Waals surface area contributed by atoms with Crippen LogP contribution in [-0.4, -0.2) is 53.1 Å². The van der Waals surface area contributed by atoms with Gasteiger partial charge in [0.15, 0.2) is 5.82 Å². The number of nitrogens with one attached hydrogen (secondary N) is 1. The van der Waals surface area contributed by atoms with Gasteiger partial charge in [0, 0.05) is 25.0 Å². The molecule has 4 rings (SSSR count). The molecule has 2 aromatic rings. The topological polar surface area (TPSA) is 97.6 Å². The maximum atomic E-state index is 12.7. The number of hydrogen-bond acceptors (Lipinski definition) is 6. The molecule has 8 nitrogen and oxygen atoms in total. The normalized spacial score (nSPS) is 25.0. The van der Waals surface area contributed by atoms with E-state index in [1.807, 2.05) is 43.0 Å². The van der Waals surface area contributed by atoms with Gasteiger partial charge in [-0.25, -0.2) is 0 Å².